The second-order valence-corrected chi connectivity index (χ2v) is 6.05. The highest BCUT2D eigenvalue weighted by Gasteiger charge is 2.37. The smallest absolute Gasteiger partial charge is 0.0476 e. The van der Waals surface area contributed by atoms with Crippen LogP contribution in [0.5, 0.6) is 0 Å². The van der Waals surface area contributed by atoms with Gasteiger partial charge in [-0.25, -0.2) is 0 Å². The van der Waals surface area contributed by atoms with Gasteiger partial charge in [-0.2, -0.15) is 0 Å². The van der Waals surface area contributed by atoms with Gasteiger partial charge in [0.25, 0.3) is 0 Å². The van der Waals surface area contributed by atoms with Gasteiger partial charge >= 0.3 is 0 Å². The van der Waals surface area contributed by atoms with Crippen molar-refractivity contribution in [1.82, 2.24) is 4.90 Å². The Morgan fingerprint density at radius 1 is 1.27 bits per heavy atom. The summed E-state index contributed by atoms with van der Waals surface area (Å²) in [5, 5.41) is 9.46. The molecule has 0 radical (unpaired) electrons. The van der Waals surface area contributed by atoms with E-state index in [4.69, 9.17) is 0 Å². The first-order valence-electron chi connectivity index (χ1n) is 6.48. The molecule has 2 heteroatoms. The molecule has 1 N–H and O–H groups in total. The number of nitrogens with zero attached hydrogens (tertiary/aromatic N) is 1. The SMILES string of the molecule is CC1(C)CCN(C2CCCC2)CC1CO. The van der Waals surface area contributed by atoms with Crippen molar-refractivity contribution in [2.45, 2.75) is 52.0 Å². The van der Waals surface area contributed by atoms with Crippen molar-refractivity contribution in [2.75, 3.05) is 19.7 Å². The first kappa shape index (κ1) is 11.4. The van der Waals surface area contributed by atoms with E-state index >= 15 is 0 Å². The third kappa shape index (κ3) is 2.36. The third-order valence-electron chi connectivity index (χ3n) is 4.66. The lowest BCUT2D eigenvalue weighted by molar-refractivity contribution is 0.00501. The average molecular weight is 211 g/mol. The first-order chi connectivity index (χ1) is 7.13. The quantitative estimate of drug-likeness (QED) is 0.757. The molecule has 15 heavy (non-hydrogen) atoms. The Balaban J connectivity index is 1.95. The summed E-state index contributed by atoms with van der Waals surface area (Å²) in [5.41, 5.74) is 0.337. The predicted molar refractivity (Wildman–Crippen MR) is 62.8 cm³/mol. The fourth-order valence-electron chi connectivity index (χ4n) is 3.16. The number of likely N-dealkylation sites (tertiary alicyclic amines) is 1. The van der Waals surface area contributed by atoms with E-state index < -0.39 is 0 Å². The van der Waals surface area contributed by atoms with E-state index in [0.717, 1.165) is 12.6 Å². The Morgan fingerprint density at radius 3 is 2.53 bits per heavy atom. The summed E-state index contributed by atoms with van der Waals surface area (Å²) in [7, 11) is 0. The van der Waals surface area contributed by atoms with Crippen molar-refractivity contribution in [2.24, 2.45) is 11.3 Å². The lowest BCUT2D eigenvalue weighted by Gasteiger charge is -2.45. The fraction of sp³-hybridized carbons (Fsp3) is 1.00. The fourth-order valence-corrected chi connectivity index (χ4v) is 3.16. The van der Waals surface area contributed by atoms with Crippen LogP contribution >= 0.6 is 0 Å². The monoisotopic (exact) mass is 211 g/mol. The third-order valence-corrected chi connectivity index (χ3v) is 4.66. The Morgan fingerprint density at radius 2 is 1.93 bits per heavy atom. The van der Waals surface area contributed by atoms with Crippen molar-refractivity contribution >= 4 is 0 Å². The van der Waals surface area contributed by atoms with Crippen molar-refractivity contribution in [3.05, 3.63) is 0 Å². The van der Waals surface area contributed by atoms with Crippen LogP contribution in [-0.4, -0.2) is 35.7 Å². The van der Waals surface area contributed by atoms with Crippen LogP contribution < -0.4 is 0 Å². The molecule has 1 unspecified atom stereocenters. The minimum absolute atomic E-state index is 0.337. The minimum Gasteiger partial charge on any atom is -0.396 e. The Bertz CT molecular complexity index is 209. The molecule has 2 nitrogen and oxygen atoms in total. The Hall–Kier alpha value is -0.0800. The maximum absolute atomic E-state index is 9.46. The molecule has 0 aromatic heterocycles. The molecule has 2 fully saturated rings. The summed E-state index contributed by atoms with van der Waals surface area (Å²) in [4.78, 5) is 2.64. The second-order valence-electron chi connectivity index (χ2n) is 6.05. The molecule has 1 saturated carbocycles. The zero-order valence-electron chi connectivity index (χ0n) is 10.2. The molecule has 1 aliphatic heterocycles. The van der Waals surface area contributed by atoms with E-state index in [1.807, 2.05) is 0 Å². The summed E-state index contributed by atoms with van der Waals surface area (Å²) >= 11 is 0. The number of aliphatic hydroxyl groups is 1. The highest BCUT2D eigenvalue weighted by atomic mass is 16.3. The average Bonchev–Trinajstić information content (AvgIpc) is 2.70. The molecule has 88 valence electrons. The molecule has 2 aliphatic rings. The molecule has 2 rings (SSSR count). The van der Waals surface area contributed by atoms with Gasteiger partial charge in [-0.05, 0) is 37.1 Å². The molecule has 0 aromatic rings. The number of aliphatic hydroxyl groups excluding tert-OH is 1. The number of hydrogen-bond acceptors (Lipinski definition) is 2. The van der Waals surface area contributed by atoms with Gasteiger partial charge in [-0.15, -0.1) is 0 Å². The van der Waals surface area contributed by atoms with Crippen LogP contribution in [0.25, 0.3) is 0 Å². The normalized spacial score (nSPS) is 33.4. The first-order valence-corrected chi connectivity index (χ1v) is 6.48. The summed E-state index contributed by atoms with van der Waals surface area (Å²) in [5.74, 6) is 0.479. The molecular formula is C13H25NO. The van der Waals surface area contributed by atoms with E-state index in [9.17, 15) is 5.11 Å². The zero-order chi connectivity index (χ0) is 10.9. The zero-order valence-corrected chi connectivity index (χ0v) is 10.2. The van der Waals surface area contributed by atoms with Gasteiger partial charge < -0.3 is 5.11 Å². The maximum atomic E-state index is 9.46. The minimum atomic E-state index is 0.337. The molecule has 1 aliphatic carbocycles. The van der Waals surface area contributed by atoms with Crippen molar-refractivity contribution in [1.29, 1.82) is 0 Å². The molecule has 1 saturated heterocycles. The van der Waals surface area contributed by atoms with Crippen LogP contribution in [-0.2, 0) is 0 Å². The van der Waals surface area contributed by atoms with E-state index in [1.54, 1.807) is 0 Å². The van der Waals surface area contributed by atoms with Gasteiger partial charge in [0.2, 0.25) is 0 Å². The van der Waals surface area contributed by atoms with Gasteiger partial charge in [0.1, 0.15) is 0 Å². The second kappa shape index (κ2) is 4.42. The topological polar surface area (TPSA) is 23.5 Å². The highest BCUT2D eigenvalue weighted by Crippen LogP contribution is 2.37. The van der Waals surface area contributed by atoms with Crippen LogP contribution in [0.2, 0.25) is 0 Å². The van der Waals surface area contributed by atoms with E-state index in [1.165, 1.54) is 38.6 Å². The van der Waals surface area contributed by atoms with Crippen LogP contribution in [0.4, 0.5) is 0 Å². The molecule has 1 atom stereocenters. The summed E-state index contributed by atoms with van der Waals surface area (Å²) in [6, 6.07) is 0.829. The van der Waals surface area contributed by atoms with E-state index in [-0.39, 0.29) is 0 Å². The number of piperidine rings is 1. The predicted octanol–water partition coefficient (Wildman–Crippen LogP) is 2.27. The maximum Gasteiger partial charge on any atom is 0.0476 e. The van der Waals surface area contributed by atoms with Crippen molar-refractivity contribution in [3.8, 4) is 0 Å². The number of hydrogen-bond donors (Lipinski definition) is 1. The van der Waals surface area contributed by atoms with Crippen molar-refractivity contribution in [3.63, 3.8) is 0 Å². The van der Waals surface area contributed by atoms with Gasteiger partial charge in [0.05, 0.1) is 0 Å². The molecular weight excluding hydrogens is 186 g/mol. The lowest BCUT2D eigenvalue weighted by atomic mass is 9.73. The van der Waals surface area contributed by atoms with Gasteiger partial charge in [0.15, 0.2) is 0 Å². The standard InChI is InChI=1S/C13H25NO/c1-13(2)7-8-14(9-11(13)10-15)12-5-3-4-6-12/h11-12,15H,3-10H2,1-2H3. The van der Waals surface area contributed by atoms with Crippen LogP contribution in [0.3, 0.4) is 0 Å². The van der Waals surface area contributed by atoms with Gasteiger partial charge in [-0.1, -0.05) is 26.7 Å². The van der Waals surface area contributed by atoms with E-state index in [0.29, 0.717) is 17.9 Å². The Kier molecular flexibility index (Phi) is 3.36. The molecule has 1 heterocycles. The molecule has 0 bridgehead atoms. The molecule has 0 amide bonds. The number of rotatable bonds is 2. The molecule has 0 spiro atoms. The van der Waals surface area contributed by atoms with Crippen LogP contribution in [0, 0.1) is 11.3 Å². The molecule has 0 aromatic carbocycles. The van der Waals surface area contributed by atoms with Crippen LogP contribution in [0.15, 0.2) is 0 Å². The summed E-state index contributed by atoms with van der Waals surface area (Å²) in [6.45, 7) is 7.33. The summed E-state index contributed by atoms with van der Waals surface area (Å²) < 4.78 is 0. The van der Waals surface area contributed by atoms with Gasteiger partial charge in [0, 0.05) is 19.2 Å². The van der Waals surface area contributed by atoms with Gasteiger partial charge in [-0.3, -0.25) is 4.90 Å². The lowest BCUT2D eigenvalue weighted by Crippen LogP contribution is -2.49. The van der Waals surface area contributed by atoms with Crippen LogP contribution in [0.1, 0.15) is 46.0 Å². The Labute approximate surface area is 93.7 Å². The van der Waals surface area contributed by atoms with Crippen molar-refractivity contribution < 1.29 is 5.11 Å². The summed E-state index contributed by atoms with van der Waals surface area (Å²) in [6.07, 6.45) is 6.84. The highest BCUT2D eigenvalue weighted by molar-refractivity contribution is 4.90. The largest absolute Gasteiger partial charge is 0.396 e. The van der Waals surface area contributed by atoms with E-state index in [2.05, 4.69) is 18.7 Å².